The molecule has 3 heterocycles. The van der Waals surface area contributed by atoms with Crippen molar-refractivity contribution in [1.82, 2.24) is 24.4 Å². The normalized spacial score (nSPS) is 16.1. The Balaban J connectivity index is 1.59. The van der Waals surface area contributed by atoms with E-state index in [1.54, 1.807) is 12.3 Å². The number of carbonyl (C=O) groups excluding carboxylic acids is 2. The minimum absolute atomic E-state index is 0.0187. The zero-order valence-electron chi connectivity index (χ0n) is 18.2. The molecule has 0 bridgehead atoms. The van der Waals surface area contributed by atoms with E-state index in [2.05, 4.69) is 25.2 Å². The van der Waals surface area contributed by atoms with E-state index in [-0.39, 0.29) is 39.1 Å². The number of hydrogen-bond donors (Lipinski definition) is 1. The van der Waals surface area contributed by atoms with Crippen LogP contribution in [0.1, 0.15) is 42.1 Å². The minimum Gasteiger partial charge on any atom is -0.434 e. The molecule has 1 aliphatic rings. The number of Topliss-reactive ketones (excluding diaryl/α,β-unsaturated/α-hetero) is 1. The second-order valence-electron chi connectivity index (χ2n) is 8.02. The maximum Gasteiger partial charge on any atom is 0.387 e. The summed E-state index contributed by atoms with van der Waals surface area (Å²) in [7, 11) is 0. The van der Waals surface area contributed by atoms with Crippen LogP contribution in [0.25, 0.3) is 16.9 Å². The van der Waals surface area contributed by atoms with Gasteiger partial charge in [-0.05, 0) is 37.1 Å². The van der Waals surface area contributed by atoms with Crippen LogP contribution in [0.5, 0.6) is 5.75 Å². The van der Waals surface area contributed by atoms with Crippen molar-refractivity contribution in [2.45, 2.75) is 38.3 Å². The van der Waals surface area contributed by atoms with Crippen LogP contribution in [0.2, 0.25) is 5.02 Å². The lowest BCUT2D eigenvalue weighted by Crippen LogP contribution is -2.23. The molecule has 1 aromatic carbocycles. The van der Waals surface area contributed by atoms with Gasteiger partial charge in [-0.15, -0.1) is 0 Å². The minimum atomic E-state index is -3.08. The molecule has 1 fully saturated rings. The van der Waals surface area contributed by atoms with Crippen molar-refractivity contribution in [3.8, 4) is 17.0 Å². The Labute approximate surface area is 202 Å². The number of alkyl halides is 2. The number of carbonyl (C=O) groups is 2. The quantitative estimate of drug-likeness (QED) is 0.408. The third kappa shape index (κ3) is 4.59. The average molecular weight is 501 g/mol. The first-order chi connectivity index (χ1) is 16.9. The number of aromatic nitrogens is 5. The van der Waals surface area contributed by atoms with E-state index < -0.39 is 18.6 Å². The zero-order chi connectivity index (χ0) is 24.5. The van der Waals surface area contributed by atoms with E-state index in [1.165, 1.54) is 46.0 Å². The summed E-state index contributed by atoms with van der Waals surface area (Å²) in [5.74, 6) is -0.684. The summed E-state index contributed by atoms with van der Waals surface area (Å²) in [6, 6.07) is 5.28. The Morgan fingerprint density at radius 2 is 2.14 bits per heavy atom. The molecule has 1 saturated carbocycles. The molecule has 9 nitrogen and oxygen atoms in total. The summed E-state index contributed by atoms with van der Waals surface area (Å²) in [5.41, 5.74) is 1.02. The summed E-state index contributed by atoms with van der Waals surface area (Å²) in [6.07, 6.45) is 8.73. The molecule has 1 N–H and O–H groups in total. The topological polar surface area (TPSA) is 103 Å². The highest BCUT2D eigenvalue weighted by Crippen LogP contribution is 2.38. The first-order valence-corrected chi connectivity index (χ1v) is 11.2. The van der Waals surface area contributed by atoms with Gasteiger partial charge in [0, 0.05) is 29.4 Å². The number of hydrogen-bond acceptors (Lipinski definition) is 6. The fraction of sp³-hybridized carbons (Fsp3) is 0.261. The second-order valence-corrected chi connectivity index (χ2v) is 8.45. The molecule has 12 heteroatoms. The van der Waals surface area contributed by atoms with Gasteiger partial charge in [0.2, 0.25) is 0 Å². The molecule has 0 spiro atoms. The third-order valence-electron chi connectivity index (χ3n) is 5.76. The number of rotatable bonds is 6. The van der Waals surface area contributed by atoms with Crippen LogP contribution in [0.3, 0.4) is 0 Å². The zero-order valence-corrected chi connectivity index (χ0v) is 19.0. The molecule has 180 valence electrons. The Hall–Kier alpha value is -3.86. The summed E-state index contributed by atoms with van der Waals surface area (Å²) in [6.45, 7) is -3.08. The van der Waals surface area contributed by atoms with E-state index in [4.69, 9.17) is 11.6 Å². The summed E-state index contributed by atoms with van der Waals surface area (Å²) in [5, 5.41) is 11.7. The fourth-order valence-corrected chi connectivity index (χ4v) is 4.32. The van der Waals surface area contributed by atoms with Gasteiger partial charge in [0.25, 0.3) is 5.91 Å². The third-order valence-corrected chi connectivity index (χ3v) is 5.99. The van der Waals surface area contributed by atoms with Crippen molar-refractivity contribution in [2.24, 2.45) is 0 Å². The van der Waals surface area contributed by atoms with Crippen molar-refractivity contribution in [2.75, 3.05) is 5.32 Å². The SMILES string of the molecule is O=C(Nc1cn(C2CCCCC2=O)nc1-c1cc(Cl)ccc1OC(F)F)c1cnn2cccnc12. The van der Waals surface area contributed by atoms with Crippen LogP contribution >= 0.6 is 11.6 Å². The lowest BCUT2D eigenvalue weighted by Gasteiger charge is -2.20. The first kappa shape index (κ1) is 22.9. The van der Waals surface area contributed by atoms with Gasteiger partial charge in [-0.25, -0.2) is 9.50 Å². The van der Waals surface area contributed by atoms with Gasteiger partial charge >= 0.3 is 6.61 Å². The molecule has 0 radical (unpaired) electrons. The average Bonchev–Trinajstić information content (AvgIpc) is 3.45. The first-order valence-electron chi connectivity index (χ1n) is 10.9. The summed E-state index contributed by atoms with van der Waals surface area (Å²) >= 11 is 6.15. The molecule has 4 aromatic rings. The summed E-state index contributed by atoms with van der Waals surface area (Å²) < 4.78 is 33.8. The van der Waals surface area contributed by atoms with Crippen LogP contribution in [0.4, 0.5) is 14.5 Å². The molecule has 0 aliphatic heterocycles. The van der Waals surface area contributed by atoms with E-state index in [1.807, 2.05) is 0 Å². The Morgan fingerprint density at radius 3 is 2.94 bits per heavy atom. The van der Waals surface area contributed by atoms with Gasteiger partial charge in [-0.3, -0.25) is 14.3 Å². The summed E-state index contributed by atoms with van der Waals surface area (Å²) in [4.78, 5) is 29.9. The van der Waals surface area contributed by atoms with E-state index in [9.17, 15) is 18.4 Å². The lowest BCUT2D eigenvalue weighted by molar-refractivity contribution is -0.124. The van der Waals surface area contributed by atoms with Gasteiger partial charge in [-0.2, -0.15) is 19.0 Å². The maximum atomic E-state index is 13.2. The van der Waals surface area contributed by atoms with Crippen molar-refractivity contribution < 1.29 is 23.1 Å². The van der Waals surface area contributed by atoms with Gasteiger partial charge in [0.1, 0.15) is 23.0 Å². The number of amides is 1. The Morgan fingerprint density at radius 1 is 1.29 bits per heavy atom. The predicted molar refractivity (Wildman–Crippen MR) is 123 cm³/mol. The van der Waals surface area contributed by atoms with Crippen LogP contribution in [0.15, 0.2) is 49.1 Å². The van der Waals surface area contributed by atoms with Crippen LogP contribution < -0.4 is 10.1 Å². The van der Waals surface area contributed by atoms with E-state index in [0.717, 1.165) is 12.8 Å². The van der Waals surface area contributed by atoms with Crippen molar-refractivity contribution in [3.63, 3.8) is 0 Å². The number of benzene rings is 1. The molecule has 1 atom stereocenters. The second kappa shape index (κ2) is 9.41. The molecule has 3 aromatic heterocycles. The highest BCUT2D eigenvalue weighted by atomic mass is 35.5. The van der Waals surface area contributed by atoms with Crippen LogP contribution in [-0.2, 0) is 4.79 Å². The molecule has 5 rings (SSSR count). The number of nitrogens with zero attached hydrogens (tertiary/aromatic N) is 5. The molecule has 1 unspecified atom stereocenters. The molecule has 1 amide bonds. The van der Waals surface area contributed by atoms with E-state index in [0.29, 0.717) is 18.5 Å². The van der Waals surface area contributed by atoms with Crippen LogP contribution in [0, 0.1) is 0 Å². The largest absolute Gasteiger partial charge is 0.434 e. The monoisotopic (exact) mass is 500 g/mol. The van der Waals surface area contributed by atoms with Crippen molar-refractivity contribution >= 4 is 34.6 Å². The van der Waals surface area contributed by atoms with Gasteiger partial charge in [0.15, 0.2) is 11.4 Å². The Bertz CT molecular complexity index is 1420. The number of ketones is 1. The van der Waals surface area contributed by atoms with Gasteiger partial charge < -0.3 is 10.1 Å². The maximum absolute atomic E-state index is 13.2. The molecule has 35 heavy (non-hydrogen) atoms. The Kier molecular flexibility index (Phi) is 6.16. The predicted octanol–water partition coefficient (Wildman–Crippen LogP) is 4.78. The fourth-order valence-electron chi connectivity index (χ4n) is 4.15. The standard InChI is InChI=1S/C23H19ClF2N6O3/c24-13-6-7-19(35-23(25)26)14(10-13)20-16(12-32(30-20)17-4-1-2-5-18(17)33)29-22(34)15-11-28-31-9-3-8-27-21(15)31/h3,6-12,17,23H,1-2,4-5H2,(H,29,34). The van der Waals surface area contributed by atoms with Gasteiger partial charge in [-0.1, -0.05) is 18.0 Å². The highest BCUT2D eigenvalue weighted by molar-refractivity contribution is 6.31. The molecule has 0 saturated heterocycles. The number of halogens is 3. The number of nitrogens with one attached hydrogen (secondary N) is 1. The lowest BCUT2D eigenvalue weighted by atomic mass is 9.94. The molecular weight excluding hydrogens is 482 g/mol. The van der Waals surface area contributed by atoms with Crippen LogP contribution in [-0.4, -0.2) is 42.7 Å². The smallest absolute Gasteiger partial charge is 0.387 e. The van der Waals surface area contributed by atoms with Crippen molar-refractivity contribution in [3.05, 3.63) is 59.6 Å². The number of fused-ring (bicyclic) bond motifs is 1. The van der Waals surface area contributed by atoms with Crippen molar-refractivity contribution in [1.29, 1.82) is 0 Å². The number of anilines is 1. The van der Waals surface area contributed by atoms with E-state index >= 15 is 0 Å². The molecular formula is C23H19ClF2N6O3. The molecule has 1 aliphatic carbocycles. The number of ether oxygens (including phenoxy) is 1. The van der Waals surface area contributed by atoms with Gasteiger partial charge in [0.05, 0.1) is 18.1 Å². The highest BCUT2D eigenvalue weighted by Gasteiger charge is 2.28.